The number of carbonyl (C=O) groups is 4. The molecule has 11 nitrogen and oxygen atoms in total. The second-order valence-corrected chi connectivity index (χ2v) is 9.81. The summed E-state index contributed by atoms with van der Waals surface area (Å²) in [6.07, 6.45) is 1.36. The molecule has 0 radical (unpaired) electrons. The molecule has 2 amide bonds. The lowest BCUT2D eigenvalue weighted by Crippen LogP contribution is -2.38. The number of aliphatic imine (C=N–C) groups is 1. The van der Waals surface area contributed by atoms with Crippen LogP contribution in [0.2, 0.25) is 0 Å². The highest BCUT2D eigenvalue weighted by Gasteiger charge is 2.37. The smallest absolute Gasteiger partial charge is 0.341 e. The number of amides is 2. The van der Waals surface area contributed by atoms with Gasteiger partial charge in [0.05, 0.1) is 27.7 Å². The summed E-state index contributed by atoms with van der Waals surface area (Å²) >= 11 is 0.761. The largest absolute Gasteiger partial charge is 0.478 e. The number of carbonyl (C=O) groups excluding carboxylic acids is 3. The van der Waals surface area contributed by atoms with Crippen molar-refractivity contribution in [2.24, 2.45) is 4.99 Å². The molecule has 3 aromatic carbocycles. The van der Waals surface area contributed by atoms with Crippen molar-refractivity contribution >= 4 is 57.7 Å². The number of nitrogens with zero attached hydrogens (tertiary/aromatic N) is 3. The summed E-state index contributed by atoms with van der Waals surface area (Å²) < 4.78 is 18.5. The standard InChI is InChI=1S/C30H22FN3O8S/c1-3-42-30(39)23-17(2)25(43-26(23)32-16-18-12-14-19(31)15-13-18)28(36)33(20-8-5-4-6-9-20)27(35)24-21(29(37)38)10-7-11-22(24)34(40)41/h4-16H,3H2,1-2H3,(H,37,38)/b32-16+. The molecule has 0 unspecified atom stereocenters. The maximum Gasteiger partial charge on any atom is 0.341 e. The van der Waals surface area contributed by atoms with E-state index in [1.165, 1.54) is 61.7 Å². The Morgan fingerprint density at radius 1 is 1.00 bits per heavy atom. The number of hydrogen-bond donors (Lipinski definition) is 1. The van der Waals surface area contributed by atoms with Crippen LogP contribution in [-0.2, 0) is 4.74 Å². The lowest BCUT2D eigenvalue weighted by Gasteiger charge is -2.21. The van der Waals surface area contributed by atoms with Gasteiger partial charge < -0.3 is 9.84 Å². The summed E-state index contributed by atoms with van der Waals surface area (Å²) in [6.45, 7) is 3.06. The minimum absolute atomic E-state index is 0.00571. The van der Waals surface area contributed by atoms with Crippen LogP contribution in [0.25, 0.3) is 0 Å². The summed E-state index contributed by atoms with van der Waals surface area (Å²) in [4.78, 5) is 68.8. The third kappa shape index (κ3) is 6.36. The van der Waals surface area contributed by atoms with Gasteiger partial charge in [-0.3, -0.25) is 19.7 Å². The minimum atomic E-state index is -1.61. The van der Waals surface area contributed by atoms with E-state index >= 15 is 0 Å². The number of nitro groups is 1. The highest BCUT2D eigenvalue weighted by atomic mass is 32.1. The van der Waals surface area contributed by atoms with Crippen LogP contribution in [0.1, 0.15) is 58.8 Å². The van der Waals surface area contributed by atoms with Crippen LogP contribution in [0.3, 0.4) is 0 Å². The van der Waals surface area contributed by atoms with E-state index in [1.807, 2.05) is 0 Å². The average molecular weight is 604 g/mol. The molecule has 218 valence electrons. The normalized spacial score (nSPS) is 10.9. The number of benzene rings is 3. The third-order valence-corrected chi connectivity index (χ3v) is 7.29. The fourth-order valence-electron chi connectivity index (χ4n) is 4.13. The molecule has 0 spiro atoms. The van der Waals surface area contributed by atoms with Gasteiger partial charge in [0, 0.05) is 12.3 Å². The number of thiophene rings is 1. The van der Waals surface area contributed by atoms with Gasteiger partial charge in [-0.15, -0.1) is 11.3 Å². The third-order valence-electron chi connectivity index (χ3n) is 6.11. The second-order valence-electron chi connectivity index (χ2n) is 8.81. The Balaban J connectivity index is 1.90. The van der Waals surface area contributed by atoms with Crippen molar-refractivity contribution in [1.29, 1.82) is 0 Å². The number of nitro benzene ring substituents is 1. The van der Waals surface area contributed by atoms with E-state index in [9.17, 15) is 38.8 Å². The minimum Gasteiger partial charge on any atom is -0.478 e. The van der Waals surface area contributed by atoms with Gasteiger partial charge in [0.25, 0.3) is 17.5 Å². The van der Waals surface area contributed by atoms with Crippen LogP contribution in [-0.4, -0.2) is 46.6 Å². The predicted octanol–water partition coefficient (Wildman–Crippen LogP) is 6.22. The molecule has 0 bridgehead atoms. The number of esters is 1. The van der Waals surface area contributed by atoms with Crippen molar-refractivity contribution < 1.29 is 38.3 Å². The zero-order valence-electron chi connectivity index (χ0n) is 22.6. The Morgan fingerprint density at radius 2 is 1.67 bits per heavy atom. The Hall–Kier alpha value is -5.56. The lowest BCUT2D eigenvalue weighted by atomic mass is 10.0. The van der Waals surface area contributed by atoms with Gasteiger partial charge in [0.15, 0.2) is 0 Å². The molecule has 0 saturated heterocycles. The van der Waals surface area contributed by atoms with E-state index in [2.05, 4.69) is 4.99 Å². The highest BCUT2D eigenvalue weighted by Crippen LogP contribution is 2.38. The van der Waals surface area contributed by atoms with E-state index in [1.54, 1.807) is 13.0 Å². The predicted molar refractivity (Wildman–Crippen MR) is 156 cm³/mol. The van der Waals surface area contributed by atoms with Crippen LogP contribution in [0.4, 0.5) is 20.8 Å². The van der Waals surface area contributed by atoms with Gasteiger partial charge >= 0.3 is 11.9 Å². The maximum absolute atomic E-state index is 14.2. The van der Waals surface area contributed by atoms with Crippen LogP contribution >= 0.6 is 11.3 Å². The fraction of sp³-hybridized carbons (Fsp3) is 0.100. The fourth-order valence-corrected chi connectivity index (χ4v) is 5.20. The summed E-state index contributed by atoms with van der Waals surface area (Å²) in [7, 11) is 0. The number of hydrogen-bond acceptors (Lipinski definition) is 9. The molecule has 13 heteroatoms. The molecule has 43 heavy (non-hydrogen) atoms. The Kier molecular flexibility index (Phi) is 9.16. The van der Waals surface area contributed by atoms with Crippen molar-refractivity contribution in [1.82, 2.24) is 0 Å². The molecule has 0 saturated carbocycles. The van der Waals surface area contributed by atoms with Gasteiger partial charge in [-0.25, -0.2) is 23.9 Å². The topological polar surface area (TPSA) is 156 Å². The van der Waals surface area contributed by atoms with Crippen molar-refractivity contribution in [2.45, 2.75) is 13.8 Å². The van der Waals surface area contributed by atoms with E-state index < -0.39 is 51.3 Å². The van der Waals surface area contributed by atoms with Crippen molar-refractivity contribution in [3.63, 3.8) is 0 Å². The molecule has 1 N–H and O–H groups in total. The summed E-state index contributed by atoms with van der Waals surface area (Å²) in [5, 5.41) is 21.6. The molecule has 0 aliphatic rings. The molecular formula is C30H22FN3O8S. The number of rotatable bonds is 9. The Labute approximate surface area is 247 Å². The summed E-state index contributed by atoms with van der Waals surface area (Å²) in [5.74, 6) is -5.10. The quantitative estimate of drug-likeness (QED) is 0.0777. The number of carboxylic acids is 1. The van der Waals surface area contributed by atoms with E-state index in [4.69, 9.17) is 4.74 Å². The highest BCUT2D eigenvalue weighted by molar-refractivity contribution is 7.18. The lowest BCUT2D eigenvalue weighted by molar-refractivity contribution is -0.385. The van der Waals surface area contributed by atoms with E-state index in [-0.39, 0.29) is 33.3 Å². The molecule has 0 aliphatic heterocycles. The van der Waals surface area contributed by atoms with E-state index in [0.717, 1.165) is 29.5 Å². The van der Waals surface area contributed by atoms with Gasteiger partial charge in [0.1, 0.15) is 21.9 Å². The zero-order valence-corrected chi connectivity index (χ0v) is 23.5. The Bertz CT molecular complexity index is 1740. The van der Waals surface area contributed by atoms with Crippen molar-refractivity contribution in [3.05, 3.63) is 121 Å². The first-order chi connectivity index (χ1) is 20.5. The molecule has 1 aromatic heterocycles. The average Bonchev–Trinajstić information content (AvgIpc) is 3.32. The number of aromatic carboxylic acids is 1. The number of anilines is 1. The number of imide groups is 1. The van der Waals surface area contributed by atoms with Gasteiger partial charge in [-0.1, -0.05) is 36.4 Å². The summed E-state index contributed by atoms with van der Waals surface area (Å²) in [6, 6.07) is 15.9. The van der Waals surface area contributed by atoms with Gasteiger partial charge in [0.2, 0.25) is 0 Å². The SMILES string of the molecule is CCOC(=O)c1c(/N=C/c2ccc(F)cc2)sc(C(=O)N(C(=O)c2c(C(=O)O)cccc2[N+](=O)[O-])c2ccccc2)c1C. The zero-order chi connectivity index (χ0) is 31.3. The molecule has 0 atom stereocenters. The monoisotopic (exact) mass is 603 g/mol. The van der Waals surface area contributed by atoms with E-state index in [0.29, 0.717) is 10.5 Å². The Morgan fingerprint density at radius 3 is 2.28 bits per heavy atom. The number of halogens is 1. The van der Waals surface area contributed by atoms with Gasteiger partial charge in [-0.05, 0) is 55.3 Å². The molecular weight excluding hydrogens is 581 g/mol. The first kappa shape index (κ1) is 30.4. The van der Waals surface area contributed by atoms with Crippen molar-refractivity contribution in [3.8, 4) is 0 Å². The van der Waals surface area contributed by atoms with Crippen LogP contribution in [0.15, 0.2) is 77.8 Å². The first-order valence-electron chi connectivity index (χ1n) is 12.6. The second kappa shape index (κ2) is 13.0. The molecule has 0 aliphatic carbocycles. The molecule has 1 heterocycles. The summed E-state index contributed by atoms with van der Waals surface area (Å²) in [5.41, 5.74) is -1.72. The number of carboxylic acid groups (broad SMARTS) is 1. The number of para-hydroxylation sites is 1. The van der Waals surface area contributed by atoms with Crippen LogP contribution in [0, 0.1) is 22.9 Å². The first-order valence-corrected chi connectivity index (χ1v) is 13.4. The van der Waals surface area contributed by atoms with Crippen LogP contribution < -0.4 is 4.90 Å². The molecule has 0 fully saturated rings. The molecule has 4 rings (SSSR count). The molecule has 4 aromatic rings. The van der Waals surface area contributed by atoms with Crippen molar-refractivity contribution in [2.75, 3.05) is 11.5 Å². The maximum atomic E-state index is 14.2. The van der Waals surface area contributed by atoms with Crippen LogP contribution in [0.5, 0.6) is 0 Å². The van der Waals surface area contributed by atoms with Gasteiger partial charge in [-0.2, -0.15) is 0 Å². The number of ether oxygens (including phenoxy) is 1.